The molecule has 0 N–H and O–H groups in total. The van der Waals surface area contributed by atoms with Gasteiger partial charge in [0.15, 0.2) is 5.69 Å². The third-order valence-corrected chi connectivity index (χ3v) is 1.83. The summed E-state index contributed by atoms with van der Waals surface area (Å²) in [6.45, 7) is 0. The molecule has 96 valence electrons. The Morgan fingerprint density at radius 1 is 1.44 bits per heavy atom. The molecule has 10 heteroatoms. The lowest BCUT2D eigenvalue weighted by molar-refractivity contribution is -0.389. The molecule has 0 aliphatic heterocycles. The number of aromatic nitrogens is 1. The number of nitrogens with zero attached hydrogens (tertiary/aromatic N) is 3. The van der Waals surface area contributed by atoms with Gasteiger partial charge in [-0.1, -0.05) is 0 Å². The van der Waals surface area contributed by atoms with Crippen molar-refractivity contribution in [2.45, 2.75) is 12.6 Å². The van der Waals surface area contributed by atoms with Gasteiger partial charge in [-0.15, -0.1) is 0 Å². The summed E-state index contributed by atoms with van der Waals surface area (Å²) < 4.78 is 62.3. The molecule has 0 saturated carbocycles. The average molecular weight is 267 g/mol. The molecule has 0 radical (unpaired) electrons. The number of halogens is 5. The van der Waals surface area contributed by atoms with Gasteiger partial charge < -0.3 is 0 Å². The van der Waals surface area contributed by atoms with Gasteiger partial charge in [-0.3, -0.25) is 10.1 Å². The molecule has 18 heavy (non-hydrogen) atoms. The number of alkyl halides is 5. The number of pyridine rings is 1. The molecule has 0 saturated heterocycles. The standard InChI is InChI=1S/C8H2F5N3O2/c9-7(10)5-6(16(17)18)4(8(11,12)13)1-3(2-14)15-5/h1,7H. The molecule has 0 atom stereocenters. The molecule has 0 unspecified atom stereocenters. The molecule has 0 amide bonds. The molecule has 1 aromatic heterocycles. The van der Waals surface area contributed by atoms with Gasteiger partial charge in [0.25, 0.3) is 6.43 Å². The highest BCUT2D eigenvalue weighted by molar-refractivity contribution is 5.49. The molecule has 0 aliphatic rings. The Balaban J connectivity index is 3.73. The number of hydrogen-bond donors (Lipinski definition) is 0. The minimum Gasteiger partial charge on any atom is -0.258 e. The highest BCUT2D eigenvalue weighted by Gasteiger charge is 2.42. The summed E-state index contributed by atoms with van der Waals surface area (Å²) in [4.78, 5) is 11.7. The zero-order valence-electron chi connectivity index (χ0n) is 8.20. The predicted octanol–water partition coefficient (Wildman–Crippen LogP) is 2.82. The van der Waals surface area contributed by atoms with Crippen LogP contribution in [-0.2, 0) is 6.18 Å². The molecule has 0 fully saturated rings. The van der Waals surface area contributed by atoms with Crippen LogP contribution in [0, 0.1) is 21.4 Å². The summed E-state index contributed by atoms with van der Waals surface area (Å²) in [5.41, 5.74) is -6.40. The SMILES string of the molecule is N#Cc1cc(C(F)(F)F)c([N+](=O)[O-])c(C(F)F)n1. The predicted molar refractivity (Wildman–Crippen MR) is 45.6 cm³/mol. The van der Waals surface area contributed by atoms with E-state index in [4.69, 9.17) is 5.26 Å². The van der Waals surface area contributed by atoms with Crippen molar-refractivity contribution in [1.82, 2.24) is 4.98 Å². The molecule has 1 aromatic rings. The summed E-state index contributed by atoms with van der Waals surface area (Å²) in [5, 5.41) is 18.8. The first-order valence-electron chi connectivity index (χ1n) is 4.13. The van der Waals surface area contributed by atoms with E-state index < -0.39 is 40.2 Å². The van der Waals surface area contributed by atoms with Crippen LogP contribution in [0.5, 0.6) is 0 Å². The summed E-state index contributed by atoms with van der Waals surface area (Å²) in [6.07, 6.45) is -8.83. The van der Waals surface area contributed by atoms with E-state index in [1.165, 1.54) is 0 Å². The van der Waals surface area contributed by atoms with Gasteiger partial charge >= 0.3 is 11.9 Å². The molecular formula is C8H2F5N3O2. The number of nitro groups is 1. The Hall–Kier alpha value is -2.31. The zero-order valence-corrected chi connectivity index (χ0v) is 8.20. The van der Waals surface area contributed by atoms with E-state index >= 15 is 0 Å². The van der Waals surface area contributed by atoms with Crippen molar-refractivity contribution in [3.63, 3.8) is 0 Å². The van der Waals surface area contributed by atoms with Gasteiger partial charge in [0, 0.05) is 0 Å². The monoisotopic (exact) mass is 267 g/mol. The van der Waals surface area contributed by atoms with Gasteiger partial charge in [0.2, 0.25) is 0 Å². The molecular weight excluding hydrogens is 265 g/mol. The van der Waals surface area contributed by atoms with Crippen molar-refractivity contribution < 1.29 is 26.9 Å². The normalized spacial score (nSPS) is 11.4. The Morgan fingerprint density at radius 3 is 2.33 bits per heavy atom. The lowest BCUT2D eigenvalue weighted by Crippen LogP contribution is -2.13. The Kier molecular flexibility index (Phi) is 3.45. The lowest BCUT2D eigenvalue weighted by Gasteiger charge is -2.10. The van der Waals surface area contributed by atoms with Crippen LogP contribution in [0.2, 0.25) is 0 Å². The van der Waals surface area contributed by atoms with Crippen LogP contribution in [0.3, 0.4) is 0 Å². The highest BCUT2D eigenvalue weighted by atomic mass is 19.4. The van der Waals surface area contributed by atoms with Crippen LogP contribution >= 0.6 is 0 Å². The van der Waals surface area contributed by atoms with E-state index in [2.05, 4.69) is 4.98 Å². The Morgan fingerprint density at radius 2 is 2.00 bits per heavy atom. The minimum absolute atomic E-state index is 0.0595. The summed E-state index contributed by atoms with van der Waals surface area (Å²) in [6, 6.07) is 1.19. The quantitative estimate of drug-likeness (QED) is 0.468. The maximum Gasteiger partial charge on any atom is 0.423 e. The highest BCUT2D eigenvalue weighted by Crippen LogP contribution is 2.40. The van der Waals surface area contributed by atoms with Crippen molar-refractivity contribution in [2.24, 2.45) is 0 Å². The molecule has 1 heterocycles. The molecule has 5 nitrogen and oxygen atoms in total. The maximum absolute atomic E-state index is 12.5. The first-order chi connectivity index (χ1) is 8.18. The van der Waals surface area contributed by atoms with Crippen LogP contribution in [0.15, 0.2) is 6.07 Å². The zero-order chi connectivity index (χ0) is 14.1. The van der Waals surface area contributed by atoms with Gasteiger partial charge in [-0.25, -0.2) is 13.8 Å². The number of nitriles is 1. The van der Waals surface area contributed by atoms with Crippen LogP contribution in [0.25, 0.3) is 0 Å². The van der Waals surface area contributed by atoms with E-state index in [0.717, 1.165) is 6.07 Å². The summed E-state index contributed by atoms with van der Waals surface area (Å²) in [7, 11) is 0. The maximum atomic E-state index is 12.5. The number of hydrogen-bond acceptors (Lipinski definition) is 4. The van der Waals surface area contributed by atoms with Gasteiger partial charge in [0.05, 0.1) is 4.92 Å². The van der Waals surface area contributed by atoms with Gasteiger partial charge in [-0.2, -0.15) is 18.4 Å². The van der Waals surface area contributed by atoms with E-state index in [1.54, 1.807) is 0 Å². The van der Waals surface area contributed by atoms with Gasteiger partial charge in [0.1, 0.15) is 17.3 Å². The average Bonchev–Trinajstić information content (AvgIpc) is 2.25. The summed E-state index contributed by atoms with van der Waals surface area (Å²) in [5.74, 6) is 0. The first kappa shape index (κ1) is 13.8. The van der Waals surface area contributed by atoms with Crippen LogP contribution in [-0.4, -0.2) is 9.91 Å². The van der Waals surface area contributed by atoms with E-state index in [-0.39, 0.29) is 6.07 Å². The first-order valence-corrected chi connectivity index (χ1v) is 4.13. The van der Waals surface area contributed by atoms with Crippen molar-refractivity contribution >= 4 is 5.69 Å². The minimum atomic E-state index is -5.24. The molecule has 1 rings (SSSR count). The van der Waals surface area contributed by atoms with Crippen LogP contribution in [0.4, 0.5) is 27.6 Å². The van der Waals surface area contributed by atoms with E-state index in [9.17, 15) is 32.1 Å². The third-order valence-electron chi connectivity index (χ3n) is 1.83. The van der Waals surface area contributed by atoms with Crippen molar-refractivity contribution in [3.05, 3.63) is 33.1 Å². The molecule has 0 aromatic carbocycles. The van der Waals surface area contributed by atoms with Crippen LogP contribution < -0.4 is 0 Å². The van der Waals surface area contributed by atoms with Crippen molar-refractivity contribution in [2.75, 3.05) is 0 Å². The molecule has 0 aliphatic carbocycles. The Labute approximate surface area is 95.6 Å². The van der Waals surface area contributed by atoms with Crippen molar-refractivity contribution in [3.8, 4) is 6.07 Å². The second-order valence-corrected chi connectivity index (χ2v) is 2.96. The number of rotatable bonds is 2. The Bertz CT molecular complexity index is 535. The summed E-state index contributed by atoms with van der Waals surface area (Å²) >= 11 is 0. The smallest absolute Gasteiger partial charge is 0.258 e. The second kappa shape index (κ2) is 4.52. The molecule has 0 spiro atoms. The van der Waals surface area contributed by atoms with E-state index in [0.29, 0.717) is 0 Å². The van der Waals surface area contributed by atoms with E-state index in [1.807, 2.05) is 0 Å². The fraction of sp³-hybridized carbons (Fsp3) is 0.250. The van der Waals surface area contributed by atoms with Gasteiger partial charge in [-0.05, 0) is 6.07 Å². The second-order valence-electron chi connectivity index (χ2n) is 2.96. The topological polar surface area (TPSA) is 79.8 Å². The third kappa shape index (κ3) is 2.50. The van der Waals surface area contributed by atoms with Crippen molar-refractivity contribution in [1.29, 1.82) is 5.26 Å². The molecule has 0 bridgehead atoms. The lowest BCUT2D eigenvalue weighted by atomic mass is 10.1. The fourth-order valence-corrected chi connectivity index (χ4v) is 1.18. The largest absolute Gasteiger partial charge is 0.423 e. The fourth-order valence-electron chi connectivity index (χ4n) is 1.18. The van der Waals surface area contributed by atoms with Crippen LogP contribution in [0.1, 0.15) is 23.4 Å².